The Morgan fingerprint density at radius 1 is 1.43 bits per heavy atom. The van der Waals surface area contributed by atoms with Gasteiger partial charge in [-0.1, -0.05) is 6.92 Å². The zero-order valence-corrected chi connectivity index (χ0v) is 13.6. The van der Waals surface area contributed by atoms with Crippen LogP contribution < -0.4 is 5.32 Å². The van der Waals surface area contributed by atoms with Crippen LogP contribution in [0.5, 0.6) is 0 Å². The monoisotopic (exact) mass is 315 g/mol. The predicted molar refractivity (Wildman–Crippen MR) is 83.4 cm³/mol. The van der Waals surface area contributed by atoms with Gasteiger partial charge in [0.05, 0.1) is 5.37 Å². The van der Waals surface area contributed by atoms with Gasteiger partial charge in [-0.3, -0.25) is 4.90 Å². The molecule has 21 heavy (non-hydrogen) atoms. The number of hydrogen-bond acceptors (Lipinski definition) is 4. The van der Waals surface area contributed by atoms with Crippen LogP contribution in [0.2, 0.25) is 0 Å². The summed E-state index contributed by atoms with van der Waals surface area (Å²) in [5.74, 6) is 0.0327. The van der Waals surface area contributed by atoms with Gasteiger partial charge in [0.25, 0.3) is 0 Å². The second-order valence-corrected chi connectivity index (χ2v) is 7.12. The second-order valence-electron chi connectivity index (χ2n) is 5.91. The largest absolute Gasteiger partial charge is 0.480 e. The van der Waals surface area contributed by atoms with E-state index < -0.39 is 12.0 Å². The molecule has 0 saturated carbocycles. The topological polar surface area (TPSA) is 72.9 Å². The van der Waals surface area contributed by atoms with Gasteiger partial charge in [0.1, 0.15) is 6.04 Å². The van der Waals surface area contributed by atoms with Gasteiger partial charge in [0.2, 0.25) is 0 Å². The van der Waals surface area contributed by atoms with Crippen molar-refractivity contribution in [1.29, 1.82) is 0 Å². The molecule has 3 atom stereocenters. The number of carbonyl (C=O) groups excluding carboxylic acids is 1. The minimum atomic E-state index is -0.911. The van der Waals surface area contributed by atoms with Crippen LogP contribution in [-0.4, -0.2) is 70.8 Å². The van der Waals surface area contributed by atoms with E-state index in [-0.39, 0.29) is 11.4 Å². The molecule has 2 amide bonds. The predicted octanol–water partition coefficient (Wildman–Crippen LogP) is 1.28. The van der Waals surface area contributed by atoms with E-state index in [4.69, 9.17) is 0 Å². The van der Waals surface area contributed by atoms with Crippen molar-refractivity contribution in [2.24, 2.45) is 5.92 Å². The lowest BCUT2D eigenvalue weighted by Gasteiger charge is -2.31. The Balaban J connectivity index is 1.89. The van der Waals surface area contributed by atoms with Crippen molar-refractivity contribution in [2.75, 3.05) is 32.4 Å². The molecule has 0 aromatic heterocycles. The fourth-order valence-electron chi connectivity index (χ4n) is 3.10. The number of piperidine rings is 1. The van der Waals surface area contributed by atoms with E-state index in [9.17, 15) is 14.7 Å². The lowest BCUT2D eigenvalue weighted by molar-refractivity contribution is -0.141. The maximum Gasteiger partial charge on any atom is 0.327 e. The number of nitrogens with one attached hydrogen (secondary N) is 1. The first kappa shape index (κ1) is 16.4. The summed E-state index contributed by atoms with van der Waals surface area (Å²) in [7, 11) is 2.10. The number of rotatable bonds is 4. The molecule has 0 aliphatic carbocycles. The Labute approximate surface area is 130 Å². The molecule has 0 aromatic rings. The van der Waals surface area contributed by atoms with Crippen LogP contribution in [0.3, 0.4) is 0 Å². The summed E-state index contributed by atoms with van der Waals surface area (Å²) in [6, 6.07) is -0.929. The maximum atomic E-state index is 12.4. The molecule has 2 saturated heterocycles. The molecule has 6 nitrogen and oxygen atoms in total. The Morgan fingerprint density at radius 2 is 2.19 bits per heavy atom. The number of amides is 2. The Morgan fingerprint density at radius 3 is 2.81 bits per heavy atom. The minimum Gasteiger partial charge on any atom is -0.480 e. The standard InChI is InChI=1S/C14H25N3O3S/c1-3-12-17(11(9-21-12)13(18)19)14(20)15-7-10-5-4-6-16(2)8-10/h10-12H,3-9H2,1-2H3,(H,15,20)(H,18,19). The van der Waals surface area contributed by atoms with E-state index in [2.05, 4.69) is 17.3 Å². The van der Waals surface area contributed by atoms with Crippen molar-refractivity contribution in [3.63, 3.8) is 0 Å². The summed E-state index contributed by atoms with van der Waals surface area (Å²) >= 11 is 1.55. The summed E-state index contributed by atoms with van der Waals surface area (Å²) < 4.78 is 0. The third-order valence-electron chi connectivity index (χ3n) is 4.23. The summed E-state index contributed by atoms with van der Waals surface area (Å²) in [5.41, 5.74) is 0. The number of hydrogen-bond donors (Lipinski definition) is 2. The average molecular weight is 315 g/mol. The fourth-order valence-corrected chi connectivity index (χ4v) is 4.45. The smallest absolute Gasteiger partial charge is 0.327 e. The molecule has 2 rings (SSSR count). The molecule has 7 heteroatoms. The van der Waals surface area contributed by atoms with Crippen molar-refractivity contribution in [2.45, 2.75) is 37.6 Å². The quantitative estimate of drug-likeness (QED) is 0.817. The van der Waals surface area contributed by atoms with Gasteiger partial charge >= 0.3 is 12.0 Å². The van der Waals surface area contributed by atoms with Crippen molar-refractivity contribution >= 4 is 23.8 Å². The van der Waals surface area contributed by atoms with Crippen LogP contribution in [-0.2, 0) is 4.79 Å². The second kappa shape index (κ2) is 7.35. The van der Waals surface area contributed by atoms with E-state index in [1.165, 1.54) is 4.90 Å². The van der Waals surface area contributed by atoms with Gasteiger partial charge in [-0.25, -0.2) is 9.59 Å². The molecule has 0 aromatic carbocycles. The van der Waals surface area contributed by atoms with Crippen LogP contribution in [0.4, 0.5) is 4.79 Å². The van der Waals surface area contributed by atoms with Gasteiger partial charge in [0, 0.05) is 18.8 Å². The van der Waals surface area contributed by atoms with Crippen molar-refractivity contribution in [1.82, 2.24) is 15.1 Å². The van der Waals surface area contributed by atoms with Crippen LogP contribution in [0.25, 0.3) is 0 Å². The van der Waals surface area contributed by atoms with Gasteiger partial charge in [-0.15, -0.1) is 11.8 Å². The van der Waals surface area contributed by atoms with Gasteiger partial charge < -0.3 is 15.3 Å². The lowest BCUT2D eigenvalue weighted by atomic mass is 9.98. The van der Waals surface area contributed by atoms with Crippen molar-refractivity contribution in [3.05, 3.63) is 0 Å². The average Bonchev–Trinajstić information content (AvgIpc) is 2.89. The molecule has 3 unspecified atom stereocenters. The molecule has 2 aliphatic heterocycles. The summed E-state index contributed by atoms with van der Waals surface area (Å²) in [6.07, 6.45) is 3.05. The van der Waals surface area contributed by atoms with E-state index in [0.29, 0.717) is 18.2 Å². The number of nitrogens with zero attached hydrogens (tertiary/aromatic N) is 2. The molecule has 2 heterocycles. The zero-order chi connectivity index (χ0) is 15.4. The van der Waals surface area contributed by atoms with Gasteiger partial charge in [-0.2, -0.15) is 0 Å². The molecule has 0 bridgehead atoms. The van der Waals surface area contributed by atoms with Crippen LogP contribution >= 0.6 is 11.8 Å². The first-order valence-electron chi connectivity index (χ1n) is 7.62. The molecule has 2 N–H and O–H groups in total. The normalized spacial score (nSPS) is 30.4. The Kier molecular flexibility index (Phi) is 5.75. The third kappa shape index (κ3) is 4.03. The third-order valence-corrected chi connectivity index (χ3v) is 5.68. The summed E-state index contributed by atoms with van der Waals surface area (Å²) in [4.78, 5) is 27.5. The number of thioether (sulfide) groups is 1. The minimum absolute atomic E-state index is 0.0277. The van der Waals surface area contributed by atoms with Crippen molar-refractivity contribution in [3.8, 4) is 0 Å². The fraction of sp³-hybridized carbons (Fsp3) is 0.857. The van der Waals surface area contributed by atoms with Crippen LogP contribution in [0, 0.1) is 5.92 Å². The highest BCUT2D eigenvalue weighted by molar-refractivity contribution is 8.00. The Hall–Kier alpha value is -0.950. The van der Waals surface area contributed by atoms with E-state index in [1.807, 2.05) is 6.92 Å². The number of urea groups is 1. The molecule has 2 aliphatic rings. The van der Waals surface area contributed by atoms with E-state index >= 15 is 0 Å². The molecular formula is C14H25N3O3S. The number of carbonyl (C=O) groups is 2. The first-order valence-corrected chi connectivity index (χ1v) is 8.67. The van der Waals surface area contributed by atoms with Gasteiger partial charge in [-0.05, 0) is 38.8 Å². The number of carboxylic acid groups (broad SMARTS) is 1. The molecule has 0 radical (unpaired) electrons. The highest BCUT2D eigenvalue weighted by Gasteiger charge is 2.40. The van der Waals surface area contributed by atoms with Crippen LogP contribution in [0.15, 0.2) is 0 Å². The zero-order valence-electron chi connectivity index (χ0n) is 12.7. The lowest BCUT2D eigenvalue weighted by Crippen LogP contribution is -2.51. The number of aliphatic carboxylic acids is 1. The molecular weight excluding hydrogens is 290 g/mol. The SMILES string of the molecule is CCC1SCC(C(=O)O)N1C(=O)NCC1CCCN(C)C1. The number of carboxylic acids is 1. The maximum absolute atomic E-state index is 12.4. The van der Waals surface area contributed by atoms with Crippen molar-refractivity contribution < 1.29 is 14.7 Å². The molecule has 0 spiro atoms. The summed E-state index contributed by atoms with van der Waals surface area (Å²) in [6.45, 7) is 4.73. The number of likely N-dealkylation sites (tertiary alicyclic amines) is 1. The first-order chi connectivity index (χ1) is 10.0. The molecule has 120 valence electrons. The highest BCUT2D eigenvalue weighted by atomic mass is 32.2. The summed E-state index contributed by atoms with van der Waals surface area (Å²) in [5, 5.41) is 12.2. The Bertz CT molecular complexity index is 394. The van der Waals surface area contributed by atoms with Crippen LogP contribution in [0.1, 0.15) is 26.2 Å². The highest BCUT2D eigenvalue weighted by Crippen LogP contribution is 2.31. The van der Waals surface area contributed by atoms with Gasteiger partial charge in [0.15, 0.2) is 0 Å². The van der Waals surface area contributed by atoms with E-state index in [1.54, 1.807) is 11.8 Å². The molecule has 2 fully saturated rings. The van der Waals surface area contributed by atoms with E-state index in [0.717, 1.165) is 32.4 Å².